The molecule has 1 aliphatic rings. The van der Waals surface area contributed by atoms with Gasteiger partial charge in [-0.15, -0.1) is 0 Å². The fourth-order valence-corrected chi connectivity index (χ4v) is 3.07. The minimum atomic E-state index is -0.0596. The molecule has 0 saturated carbocycles. The van der Waals surface area contributed by atoms with Crippen LogP contribution in [-0.4, -0.2) is 29.8 Å². The second kappa shape index (κ2) is 8.23. The van der Waals surface area contributed by atoms with Crippen LogP contribution in [0.1, 0.15) is 19.8 Å². The largest absolute Gasteiger partial charge is 0.457 e. The highest BCUT2D eigenvalue weighted by Gasteiger charge is 2.25. The van der Waals surface area contributed by atoms with Crippen molar-refractivity contribution in [3.8, 4) is 11.5 Å². The van der Waals surface area contributed by atoms with Gasteiger partial charge in [-0.1, -0.05) is 11.6 Å². The second-order valence-electron chi connectivity index (χ2n) is 6.35. The number of anilines is 1. The highest BCUT2D eigenvalue weighted by Crippen LogP contribution is 2.25. The van der Waals surface area contributed by atoms with Crippen molar-refractivity contribution in [1.29, 1.82) is 0 Å². The number of halogens is 1. The average Bonchev–Trinajstić information content (AvgIpc) is 2.65. The molecule has 5 nitrogen and oxygen atoms in total. The maximum atomic E-state index is 12.4. The maximum absolute atomic E-state index is 12.4. The molecule has 136 valence electrons. The van der Waals surface area contributed by atoms with E-state index in [0.29, 0.717) is 42.5 Å². The molecular formula is C20H21ClN2O3. The summed E-state index contributed by atoms with van der Waals surface area (Å²) in [5, 5.41) is 3.60. The first-order valence-corrected chi connectivity index (χ1v) is 8.99. The van der Waals surface area contributed by atoms with Crippen LogP contribution in [-0.2, 0) is 9.59 Å². The molecule has 2 aromatic rings. The molecule has 0 spiro atoms. The third kappa shape index (κ3) is 4.76. The summed E-state index contributed by atoms with van der Waals surface area (Å²) in [6, 6.07) is 14.4. The molecule has 1 saturated heterocycles. The molecule has 0 aliphatic carbocycles. The molecule has 0 unspecified atom stereocenters. The van der Waals surface area contributed by atoms with Crippen LogP contribution in [0.2, 0.25) is 5.02 Å². The number of benzene rings is 2. The molecule has 0 bridgehead atoms. The predicted molar refractivity (Wildman–Crippen MR) is 102 cm³/mol. The van der Waals surface area contributed by atoms with Crippen LogP contribution >= 0.6 is 11.6 Å². The summed E-state index contributed by atoms with van der Waals surface area (Å²) in [5.74, 6) is 1.39. The first kappa shape index (κ1) is 18.3. The van der Waals surface area contributed by atoms with E-state index in [-0.39, 0.29) is 17.7 Å². The molecule has 0 radical (unpaired) electrons. The zero-order chi connectivity index (χ0) is 18.5. The van der Waals surface area contributed by atoms with E-state index in [9.17, 15) is 9.59 Å². The molecule has 6 heteroatoms. The van der Waals surface area contributed by atoms with E-state index in [1.54, 1.807) is 36.1 Å². The van der Waals surface area contributed by atoms with Gasteiger partial charge in [-0.3, -0.25) is 9.59 Å². The predicted octanol–water partition coefficient (Wildman–Crippen LogP) is 4.33. The van der Waals surface area contributed by atoms with Gasteiger partial charge in [-0.2, -0.15) is 0 Å². The molecule has 2 aromatic carbocycles. The lowest BCUT2D eigenvalue weighted by atomic mass is 9.96. The summed E-state index contributed by atoms with van der Waals surface area (Å²) in [5.41, 5.74) is 0.729. The molecule has 0 atom stereocenters. The van der Waals surface area contributed by atoms with Gasteiger partial charge in [0.1, 0.15) is 11.5 Å². The second-order valence-corrected chi connectivity index (χ2v) is 6.79. The molecule has 1 fully saturated rings. The van der Waals surface area contributed by atoms with E-state index in [1.807, 2.05) is 24.3 Å². The number of carbonyl (C=O) groups is 2. The Morgan fingerprint density at radius 2 is 1.54 bits per heavy atom. The van der Waals surface area contributed by atoms with Crippen LogP contribution in [0.15, 0.2) is 48.5 Å². The molecule has 0 aromatic heterocycles. The summed E-state index contributed by atoms with van der Waals surface area (Å²) in [4.78, 5) is 25.5. The number of nitrogens with one attached hydrogen (secondary N) is 1. The van der Waals surface area contributed by atoms with Crippen molar-refractivity contribution in [3.63, 3.8) is 0 Å². The van der Waals surface area contributed by atoms with Crippen LogP contribution in [0, 0.1) is 5.92 Å². The van der Waals surface area contributed by atoms with Gasteiger partial charge >= 0.3 is 0 Å². The lowest BCUT2D eigenvalue weighted by Crippen LogP contribution is -2.40. The smallest absolute Gasteiger partial charge is 0.227 e. The average molecular weight is 373 g/mol. The van der Waals surface area contributed by atoms with Crippen molar-refractivity contribution >= 4 is 29.1 Å². The maximum Gasteiger partial charge on any atom is 0.227 e. The third-order valence-corrected chi connectivity index (χ3v) is 4.73. The fraction of sp³-hybridized carbons (Fsp3) is 0.300. The minimum Gasteiger partial charge on any atom is -0.457 e. The Kier molecular flexibility index (Phi) is 5.78. The van der Waals surface area contributed by atoms with Crippen molar-refractivity contribution in [3.05, 3.63) is 53.6 Å². The number of rotatable bonds is 4. The fourth-order valence-electron chi connectivity index (χ4n) is 2.95. The summed E-state index contributed by atoms with van der Waals surface area (Å²) in [6.07, 6.45) is 1.40. The molecule has 2 amide bonds. The van der Waals surface area contributed by atoms with E-state index >= 15 is 0 Å². The Morgan fingerprint density at radius 3 is 2.08 bits per heavy atom. The number of ether oxygens (including phenoxy) is 1. The number of hydrogen-bond donors (Lipinski definition) is 1. The number of hydrogen-bond acceptors (Lipinski definition) is 3. The number of piperidine rings is 1. The minimum absolute atomic E-state index is 0.000397. The Balaban J connectivity index is 1.53. The highest BCUT2D eigenvalue weighted by atomic mass is 35.5. The van der Waals surface area contributed by atoms with Crippen LogP contribution < -0.4 is 10.1 Å². The summed E-state index contributed by atoms with van der Waals surface area (Å²) in [7, 11) is 0. The van der Waals surface area contributed by atoms with E-state index in [2.05, 4.69) is 5.32 Å². The Bertz CT molecular complexity index is 767. The third-order valence-electron chi connectivity index (χ3n) is 4.48. The first-order chi connectivity index (χ1) is 12.5. The van der Waals surface area contributed by atoms with Gasteiger partial charge in [0.2, 0.25) is 11.8 Å². The first-order valence-electron chi connectivity index (χ1n) is 8.61. The molecule has 1 aliphatic heterocycles. The summed E-state index contributed by atoms with van der Waals surface area (Å²) < 4.78 is 5.74. The van der Waals surface area contributed by atoms with Crippen LogP contribution in [0.3, 0.4) is 0 Å². The van der Waals surface area contributed by atoms with E-state index < -0.39 is 0 Å². The zero-order valence-corrected chi connectivity index (χ0v) is 15.3. The SMILES string of the molecule is CC(=O)N1CCC(C(=O)Nc2ccc(Oc3ccc(Cl)cc3)cc2)CC1. The quantitative estimate of drug-likeness (QED) is 0.869. The Hall–Kier alpha value is -2.53. The number of amides is 2. The number of nitrogens with zero attached hydrogens (tertiary/aromatic N) is 1. The summed E-state index contributed by atoms with van der Waals surface area (Å²) >= 11 is 5.86. The van der Waals surface area contributed by atoms with Crippen LogP contribution in [0.25, 0.3) is 0 Å². The highest BCUT2D eigenvalue weighted by molar-refractivity contribution is 6.30. The van der Waals surface area contributed by atoms with Gasteiger partial charge in [0.15, 0.2) is 0 Å². The Labute approximate surface area is 157 Å². The monoisotopic (exact) mass is 372 g/mol. The normalized spacial score (nSPS) is 14.8. The lowest BCUT2D eigenvalue weighted by molar-refractivity contribution is -0.132. The topological polar surface area (TPSA) is 58.6 Å². The zero-order valence-electron chi connectivity index (χ0n) is 14.6. The summed E-state index contributed by atoms with van der Waals surface area (Å²) in [6.45, 7) is 2.84. The molecule has 26 heavy (non-hydrogen) atoms. The van der Waals surface area contributed by atoms with E-state index in [0.717, 1.165) is 5.69 Å². The van der Waals surface area contributed by atoms with Crippen LogP contribution in [0.5, 0.6) is 11.5 Å². The van der Waals surface area contributed by atoms with Gasteiger partial charge in [-0.05, 0) is 61.4 Å². The number of likely N-dealkylation sites (tertiary alicyclic amines) is 1. The van der Waals surface area contributed by atoms with Crippen molar-refractivity contribution in [1.82, 2.24) is 4.90 Å². The number of carbonyl (C=O) groups excluding carboxylic acids is 2. The van der Waals surface area contributed by atoms with Crippen molar-refractivity contribution < 1.29 is 14.3 Å². The molecule has 3 rings (SSSR count). The van der Waals surface area contributed by atoms with E-state index in [4.69, 9.17) is 16.3 Å². The molecule has 1 N–H and O–H groups in total. The molecule has 1 heterocycles. The van der Waals surface area contributed by atoms with E-state index in [1.165, 1.54) is 0 Å². The Morgan fingerprint density at radius 1 is 1.00 bits per heavy atom. The van der Waals surface area contributed by atoms with Crippen molar-refractivity contribution in [2.45, 2.75) is 19.8 Å². The van der Waals surface area contributed by atoms with Crippen molar-refractivity contribution in [2.24, 2.45) is 5.92 Å². The van der Waals surface area contributed by atoms with Gasteiger partial charge in [0.05, 0.1) is 0 Å². The van der Waals surface area contributed by atoms with Crippen LogP contribution in [0.4, 0.5) is 5.69 Å². The molecular weight excluding hydrogens is 352 g/mol. The standard InChI is InChI=1S/C20H21ClN2O3/c1-14(24)23-12-10-15(11-13-23)20(25)22-17-4-8-19(9-5-17)26-18-6-2-16(21)3-7-18/h2-9,15H,10-13H2,1H3,(H,22,25). The van der Waals surface area contributed by atoms with Gasteiger partial charge < -0.3 is 15.0 Å². The lowest BCUT2D eigenvalue weighted by Gasteiger charge is -2.30. The van der Waals surface area contributed by atoms with Gasteiger partial charge in [0, 0.05) is 36.6 Å². The van der Waals surface area contributed by atoms with Crippen molar-refractivity contribution in [2.75, 3.05) is 18.4 Å². The van der Waals surface area contributed by atoms with Gasteiger partial charge in [0.25, 0.3) is 0 Å². The van der Waals surface area contributed by atoms with Gasteiger partial charge in [-0.25, -0.2) is 0 Å².